The molecule has 7 nitrogen and oxygen atoms in total. The summed E-state index contributed by atoms with van der Waals surface area (Å²) in [6.45, 7) is 8.51. The minimum Gasteiger partial charge on any atom is -0.367 e. The van der Waals surface area contributed by atoms with Crippen LogP contribution >= 0.6 is 0 Å². The van der Waals surface area contributed by atoms with Crippen LogP contribution in [-0.2, 0) is 0 Å². The summed E-state index contributed by atoms with van der Waals surface area (Å²) in [5.41, 5.74) is 2.88. The maximum absolute atomic E-state index is 4.74. The molecule has 1 atom stereocenters. The zero-order valence-electron chi connectivity index (χ0n) is 15.2. The first-order valence-corrected chi connectivity index (χ1v) is 8.94. The van der Waals surface area contributed by atoms with Crippen LogP contribution in [0.15, 0.2) is 18.6 Å². The van der Waals surface area contributed by atoms with Gasteiger partial charge in [-0.25, -0.2) is 0 Å². The quantitative estimate of drug-likeness (QED) is 0.632. The summed E-state index contributed by atoms with van der Waals surface area (Å²) >= 11 is 0. The zero-order chi connectivity index (χ0) is 17.6. The Balaban J connectivity index is 1.66. The topological polar surface area (TPSA) is 83.5 Å². The van der Waals surface area contributed by atoms with Crippen LogP contribution in [0.5, 0.6) is 0 Å². The fourth-order valence-corrected chi connectivity index (χ4v) is 3.09. The highest BCUT2D eigenvalue weighted by molar-refractivity contribution is 5.91. The van der Waals surface area contributed by atoms with E-state index in [2.05, 4.69) is 53.4 Å². The number of hydrogen-bond donors (Lipinski definition) is 3. The van der Waals surface area contributed by atoms with E-state index in [1.54, 1.807) is 6.20 Å². The van der Waals surface area contributed by atoms with Crippen molar-refractivity contribution in [3.8, 4) is 0 Å². The van der Waals surface area contributed by atoms with Gasteiger partial charge in [0.05, 0.1) is 17.3 Å². The Morgan fingerprint density at radius 1 is 1.24 bits per heavy atom. The summed E-state index contributed by atoms with van der Waals surface area (Å²) in [6, 6.07) is 0.741. The zero-order valence-corrected chi connectivity index (χ0v) is 15.2. The average molecular weight is 339 g/mol. The lowest BCUT2D eigenvalue weighted by Gasteiger charge is -2.15. The molecule has 0 bridgehead atoms. The lowest BCUT2D eigenvalue weighted by molar-refractivity contribution is 0.532. The Labute approximate surface area is 147 Å². The van der Waals surface area contributed by atoms with Crippen molar-refractivity contribution in [2.45, 2.75) is 52.6 Å². The summed E-state index contributed by atoms with van der Waals surface area (Å²) in [4.78, 5) is 12.6. The first kappa shape index (κ1) is 15.9. The maximum atomic E-state index is 4.74. The number of anilines is 3. The number of aromatic amines is 1. The van der Waals surface area contributed by atoms with Crippen molar-refractivity contribution in [1.29, 1.82) is 0 Å². The van der Waals surface area contributed by atoms with Gasteiger partial charge in [-0.3, -0.25) is 4.68 Å². The molecule has 3 N–H and O–H groups in total. The molecule has 0 amide bonds. The molecule has 0 aliphatic heterocycles. The van der Waals surface area contributed by atoms with E-state index in [0.717, 1.165) is 34.0 Å². The van der Waals surface area contributed by atoms with Gasteiger partial charge < -0.3 is 15.6 Å². The molecule has 0 saturated heterocycles. The van der Waals surface area contributed by atoms with Crippen molar-refractivity contribution in [3.05, 3.63) is 24.2 Å². The largest absolute Gasteiger partial charge is 0.367 e. The molecule has 4 rings (SSSR count). The standard InChI is InChI=1S/C18H25N7/c1-10(2)25-9-14(8-20-25)22-18-23-16-15(11(3)7-19-16)17(24-18)21-12(4)13-5-6-13/h7-10,12-13H,5-6H2,1-4H3,(H3,19,21,22,23,24)/t12-/m1/s1. The number of nitrogens with zero attached hydrogens (tertiary/aromatic N) is 4. The van der Waals surface area contributed by atoms with E-state index < -0.39 is 0 Å². The highest BCUT2D eigenvalue weighted by Crippen LogP contribution is 2.35. The fourth-order valence-electron chi connectivity index (χ4n) is 3.09. The van der Waals surface area contributed by atoms with Crippen molar-refractivity contribution < 1.29 is 0 Å². The Kier molecular flexibility index (Phi) is 3.86. The molecule has 0 spiro atoms. The lowest BCUT2D eigenvalue weighted by Crippen LogP contribution is -2.19. The molecule has 25 heavy (non-hydrogen) atoms. The number of hydrogen-bond acceptors (Lipinski definition) is 5. The van der Waals surface area contributed by atoms with Gasteiger partial charge in [0.15, 0.2) is 0 Å². The SMILES string of the molecule is Cc1c[nH]c2nc(Nc3cnn(C(C)C)c3)nc(N[C@H](C)C3CC3)c12. The molecule has 1 aliphatic carbocycles. The van der Waals surface area contributed by atoms with Crippen LogP contribution in [0.3, 0.4) is 0 Å². The molecule has 0 radical (unpaired) electrons. The minimum absolute atomic E-state index is 0.321. The van der Waals surface area contributed by atoms with Crippen molar-refractivity contribution in [2.24, 2.45) is 5.92 Å². The third-order valence-corrected chi connectivity index (χ3v) is 4.81. The molecule has 132 valence electrons. The van der Waals surface area contributed by atoms with E-state index in [0.29, 0.717) is 18.0 Å². The average Bonchev–Trinajstić information content (AvgIpc) is 3.21. The van der Waals surface area contributed by atoms with Crippen molar-refractivity contribution in [2.75, 3.05) is 10.6 Å². The van der Waals surface area contributed by atoms with E-state index in [9.17, 15) is 0 Å². The van der Waals surface area contributed by atoms with Crippen LogP contribution in [0, 0.1) is 12.8 Å². The van der Waals surface area contributed by atoms with E-state index in [-0.39, 0.29) is 0 Å². The van der Waals surface area contributed by atoms with Gasteiger partial charge in [-0.15, -0.1) is 0 Å². The first-order valence-electron chi connectivity index (χ1n) is 8.94. The molecular weight excluding hydrogens is 314 g/mol. The molecule has 3 aromatic heterocycles. The smallest absolute Gasteiger partial charge is 0.231 e. The van der Waals surface area contributed by atoms with Crippen LogP contribution in [0.1, 0.15) is 45.2 Å². The third-order valence-electron chi connectivity index (χ3n) is 4.81. The second kappa shape index (κ2) is 6.06. The monoisotopic (exact) mass is 339 g/mol. The van der Waals surface area contributed by atoms with Crippen LogP contribution < -0.4 is 10.6 Å². The van der Waals surface area contributed by atoms with Gasteiger partial charge in [0.1, 0.15) is 11.5 Å². The second-order valence-electron chi connectivity index (χ2n) is 7.29. The van der Waals surface area contributed by atoms with Crippen molar-refractivity contribution >= 4 is 28.5 Å². The van der Waals surface area contributed by atoms with Gasteiger partial charge in [0, 0.05) is 24.5 Å². The summed E-state index contributed by atoms with van der Waals surface area (Å²) in [6.07, 6.45) is 8.35. The van der Waals surface area contributed by atoms with Gasteiger partial charge in [-0.2, -0.15) is 15.1 Å². The number of rotatable bonds is 6. The number of aromatic nitrogens is 5. The molecule has 1 aliphatic rings. The summed E-state index contributed by atoms with van der Waals surface area (Å²) in [7, 11) is 0. The van der Waals surface area contributed by atoms with E-state index in [4.69, 9.17) is 4.98 Å². The fraction of sp³-hybridized carbons (Fsp3) is 0.500. The predicted octanol–water partition coefficient (Wildman–Crippen LogP) is 4.00. The Morgan fingerprint density at radius 3 is 2.72 bits per heavy atom. The highest BCUT2D eigenvalue weighted by atomic mass is 15.3. The predicted molar refractivity (Wildman–Crippen MR) is 100 cm³/mol. The molecule has 1 fully saturated rings. The van der Waals surface area contributed by atoms with Gasteiger partial charge in [0.25, 0.3) is 0 Å². The molecule has 1 saturated carbocycles. The Morgan fingerprint density at radius 2 is 2.04 bits per heavy atom. The molecular formula is C18H25N7. The third kappa shape index (κ3) is 3.18. The molecule has 3 heterocycles. The van der Waals surface area contributed by atoms with E-state index in [1.807, 2.05) is 17.1 Å². The van der Waals surface area contributed by atoms with Gasteiger partial charge >= 0.3 is 0 Å². The van der Waals surface area contributed by atoms with E-state index in [1.165, 1.54) is 12.8 Å². The van der Waals surface area contributed by atoms with Gasteiger partial charge in [-0.05, 0) is 52.0 Å². The van der Waals surface area contributed by atoms with Crippen LogP contribution in [-0.4, -0.2) is 30.8 Å². The molecule has 7 heteroatoms. The maximum Gasteiger partial charge on any atom is 0.231 e. The molecule has 0 aromatic carbocycles. The normalized spacial score (nSPS) is 15.7. The second-order valence-corrected chi connectivity index (χ2v) is 7.29. The Hall–Kier alpha value is -2.57. The van der Waals surface area contributed by atoms with Crippen molar-refractivity contribution in [1.82, 2.24) is 24.7 Å². The molecule has 3 aromatic rings. The van der Waals surface area contributed by atoms with Crippen molar-refractivity contribution in [3.63, 3.8) is 0 Å². The van der Waals surface area contributed by atoms with Crippen LogP contribution in [0.25, 0.3) is 11.0 Å². The number of fused-ring (bicyclic) bond motifs is 1. The highest BCUT2D eigenvalue weighted by Gasteiger charge is 2.28. The summed E-state index contributed by atoms with van der Waals surface area (Å²) in [5.74, 6) is 2.22. The van der Waals surface area contributed by atoms with E-state index >= 15 is 0 Å². The minimum atomic E-state index is 0.321. The summed E-state index contributed by atoms with van der Waals surface area (Å²) < 4.78 is 1.91. The van der Waals surface area contributed by atoms with Gasteiger partial charge in [-0.1, -0.05) is 0 Å². The number of aryl methyl sites for hydroxylation is 1. The summed E-state index contributed by atoms with van der Waals surface area (Å²) in [5, 5.41) is 12.3. The van der Waals surface area contributed by atoms with Crippen LogP contribution in [0.4, 0.5) is 17.5 Å². The number of H-pyrrole nitrogens is 1. The molecule has 0 unspecified atom stereocenters. The van der Waals surface area contributed by atoms with Gasteiger partial charge in [0.2, 0.25) is 5.95 Å². The first-order chi connectivity index (χ1) is 12.0. The lowest BCUT2D eigenvalue weighted by atomic mass is 10.2. The Bertz CT molecular complexity index is 888. The number of nitrogens with one attached hydrogen (secondary N) is 3. The van der Waals surface area contributed by atoms with Crippen LogP contribution in [0.2, 0.25) is 0 Å².